The number of sulfonamides is 1. The molecule has 6 heteroatoms. The molecular weight excluding hydrogens is 284 g/mol. The van der Waals surface area contributed by atoms with Crippen LogP contribution < -0.4 is 4.72 Å². The van der Waals surface area contributed by atoms with Gasteiger partial charge < -0.3 is 4.90 Å². The van der Waals surface area contributed by atoms with Gasteiger partial charge in [0.1, 0.15) is 0 Å². The third-order valence-electron chi connectivity index (χ3n) is 3.03. The molecule has 1 aromatic carbocycles. The van der Waals surface area contributed by atoms with Crippen molar-refractivity contribution in [1.82, 2.24) is 9.62 Å². The van der Waals surface area contributed by atoms with Gasteiger partial charge in [-0.2, -0.15) is 0 Å². The van der Waals surface area contributed by atoms with Crippen LogP contribution in [0.3, 0.4) is 0 Å². The van der Waals surface area contributed by atoms with Gasteiger partial charge >= 0.3 is 0 Å². The van der Waals surface area contributed by atoms with Crippen LogP contribution in [0.4, 0.5) is 0 Å². The fourth-order valence-corrected chi connectivity index (χ4v) is 2.33. The van der Waals surface area contributed by atoms with Crippen molar-refractivity contribution in [2.45, 2.75) is 19.4 Å². The van der Waals surface area contributed by atoms with Crippen LogP contribution in [0.5, 0.6) is 0 Å². The predicted octanol–water partition coefficient (Wildman–Crippen LogP) is 1.75. The second-order valence-corrected chi connectivity index (χ2v) is 7.10. The molecule has 1 unspecified atom stereocenters. The van der Waals surface area contributed by atoms with Crippen LogP contribution in [0.1, 0.15) is 12.5 Å². The van der Waals surface area contributed by atoms with Gasteiger partial charge in [-0.3, -0.25) is 0 Å². The van der Waals surface area contributed by atoms with Gasteiger partial charge in [-0.05, 0) is 38.1 Å². The standard InChI is InChI=1S/C13H21ClN2O2S/c1-11(10-12-4-6-13(14)7-5-12)16(2)9-8-15-19(3,17)18/h4-7,11,15H,8-10H2,1-3H3. The summed E-state index contributed by atoms with van der Waals surface area (Å²) in [5.74, 6) is 0. The number of likely N-dealkylation sites (N-methyl/N-ethyl adjacent to an activating group) is 1. The molecule has 4 nitrogen and oxygen atoms in total. The maximum absolute atomic E-state index is 11.0. The first-order valence-electron chi connectivity index (χ1n) is 6.17. The maximum atomic E-state index is 11.0. The molecule has 0 heterocycles. The molecule has 0 fully saturated rings. The molecule has 1 aromatic rings. The largest absolute Gasteiger partial charge is 0.302 e. The molecule has 0 aliphatic heterocycles. The van der Waals surface area contributed by atoms with Gasteiger partial charge in [-0.25, -0.2) is 13.1 Å². The van der Waals surface area contributed by atoms with E-state index in [1.54, 1.807) is 0 Å². The molecule has 0 spiro atoms. The van der Waals surface area contributed by atoms with Crippen molar-refractivity contribution in [1.29, 1.82) is 0 Å². The highest BCUT2D eigenvalue weighted by Gasteiger charge is 2.10. The third-order valence-corrected chi connectivity index (χ3v) is 4.01. The van der Waals surface area contributed by atoms with E-state index >= 15 is 0 Å². The molecule has 1 N–H and O–H groups in total. The monoisotopic (exact) mass is 304 g/mol. The lowest BCUT2D eigenvalue weighted by atomic mass is 10.1. The first-order chi connectivity index (χ1) is 8.78. The van der Waals surface area contributed by atoms with E-state index in [1.165, 1.54) is 11.8 Å². The molecule has 0 saturated carbocycles. The van der Waals surface area contributed by atoms with Gasteiger partial charge in [0.2, 0.25) is 10.0 Å². The smallest absolute Gasteiger partial charge is 0.208 e. The summed E-state index contributed by atoms with van der Waals surface area (Å²) >= 11 is 5.85. The minimum atomic E-state index is -3.10. The molecule has 0 amide bonds. The minimum absolute atomic E-state index is 0.336. The van der Waals surface area contributed by atoms with E-state index in [-0.39, 0.29) is 0 Å². The normalized spacial score (nSPS) is 13.7. The Morgan fingerprint density at radius 3 is 2.42 bits per heavy atom. The van der Waals surface area contributed by atoms with Crippen LogP contribution in [-0.4, -0.2) is 45.8 Å². The Morgan fingerprint density at radius 1 is 1.32 bits per heavy atom. The third kappa shape index (κ3) is 6.92. The zero-order chi connectivity index (χ0) is 14.5. The summed E-state index contributed by atoms with van der Waals surface area (Å²) in [6, 6.07) is 8.13. The molecule has 0 aliphatic carbocycles. The van der Waals surface area contributed by atoms with E-state index in [2.05, 4.69) is 16.5 Å². The molecule has 0 saturated heterocycles. The lowest BCUT2D eigenvalue weighted by Gasteiger charge is -2.24. The molecule has 0 aromatic heterocycles. The Kier molecular flexibility index (Phi) is 6.26. The summed E-state index contributed by atoms with van der Waals surface area (Å²) in [4.78, 5) is 2.13. The summed E-state index contributed by atoms with van der Waals surface area (Å²) in [7, 11) is -1.11. The summed E-state index contributed by atoms with van der Waals surface area (Å²) in [6.07, 6.45) is 2.08. The Bertz CT molecular complexity index is 488. The van der Waals surface area contributed by atoms with Crippen LogP contribution >= 0.6 is 11.6 Å². The highest BCUT2D eigenvalue weighted by molar-refractivity contribution is 7.88. The number of hydrogen-bond acceptors (Lipinski definition) is 3. The van der Waals surface area contributed by atoms with Crippen LogP contribution in [0, 0.1) is 0 Å². The van der Waals surface area contributed by atoms with Crippen LogP contribution in [0.25, 0.3) is 0 Å². The second kappa shape index (κ2) is 7.24. The van der Waals surface area contributed by atoms with Crippen molar-refractivity contribution in [3.63, 3.8) is 0 Å². The van der Waals surface area contributed by atoms with E-state index < -0.39 is 10.0 Å². The van der Waals surface area contributed by atoms with E-state index in [9.17, 15) is 8.42 Å². The van der Waals surface area contributed by atoms with E-state index in [0.717, 1.165) is 11.4 Å². The first-order valence-corrected chi connectivity index (χ1v) is 8.44. The number of nitrogens with zero attached hydrogens (tertiary/aromatic N) is 1. The van der Waals surface area contributed by atoms with Crippen LogP contribution in [0.15, 0.2) is 24.3 Å². The summed E-state index contributed by atoms with van der Waals surface area (Å²) in [5, 5.41) is 0.738. The number of benzene rings is 1. The number of halogens is 1. The van der Waals surface area contributed by atoms with Crippen molar-refractivity contribution in [3.05, 3.63) is 34.9 Å². The quantitative estimate of drug-likeness (QED) is 0.835. The van der Waals surface area contributed by atoms with Crippen molar-refractivity contribution in [3.8, 4) is 0 Å². The maximum Gasteiger partial charge on any atom is 0.208 e. The molecular formula is C13H21ClN2O2S. The SMILES string of the molecule is CC(Cc1ccc(Cl)cc1)N(C)CCNS(C)(=O)=O. The van der Waals surface area contributed by atoms with E-state index in [0.29, 0.717) is 19.1 Å². The van der Waals surface area contributed by atoms with Crippen LogP contribution in [-0.2, 0) is 16.4 Å². The van der Waals surface area contributed by atoms with Crippen molar-refractivity contribution in [2.75, 3.05) is 26.4 Å². The van der Waals surface area contributed by atoms with Gasteiger partial charge in [0, 0.05) is 24.2 Å². The first kappa shape index (κ1) is 16.4. The summed E-state index contributed by atoms with van der Waals surface area (Å²) in [5.41, 5.74) is 1.22. The molecule has 1 rings (SSSR count). The molecule has 0 aliphatic rings. The molecule has 1 atom stereocenters. The Labute approximate surface area is 120 Å². The fourth-order valence-electron chi connectivity index (χ4n) is 1.75. The average Bonchev–Trinajstić information content (AvgIpc) is 2.30. The number of hydrogen-bond donors (Lipinski definition) is 1. The number of rotatable bonds is 7. The van der Waals surface area contributed by atoms with Gasteiger partial charge in [0.15, 0.2) is 0 Å². The molecule has 0 radical (unpaired) electrons. The van der Waals surface area contributed by atoms with Gasteiger partial charge in [-0.15, -0.1) is 0 Å². The van der Waals surface area contributed by atoms with Gasteiger partial charge in [0.05, 0.1) is 6.26 Å². The minimum Gasteiger partial charge on any atom is -0.302 e. The lowest BCUT2D eigenvalue weighted by molar-refractivity contribution is 0.260. The highest BCUT2D eigenvalue weighted by Crippen LogP contribution is 2.12. The average molecular weight is 305 g/mol. The van der Waals surface area contributed by atoms with Gasteiger partial charge in [-0.1, -0.05) is 23.7 Å². The van der Waals surface area contributed by atoms with E-state index in [1.807, 2.05) is 31.3 Å². The fraction of sp³-hybridized carbons (Fsp3) is 0.538. The van der Waals surface area contributed by atoms with Crippen LogP contribution in [0.2, 0.25) is 5.02 Å². The van der Waals surface area contributed by atoms with Crippen molar-refractivity contribution >= 4 is 21.6 Å². The molecule has 0 bridgehead atoms. The molecule has 19 heavy (non-hydrogen) atoms. The number of nitrogens with one attached hydrogen (secondary N) is 1. The summed E-state index contributed by atoms with van der Waals surface area (Å²) < 4.78 is 24.4. The topological polar surface area (TPSA) is 49.4 Å². The molecule has 108 valence electrons. The summed E-state index contributed by atoms with van der Waals surface area (Å²) in [6.45, 7) is 3.23. The van der Waals surface area contributed by atoms with E-state index in [4.69, 9.17) is 11.6 Å². The van der Waals surface area contributed by atoms with Crippen molar-refractivity contribution < 1.29 is 8.42 Å². The lowest BCUT2D eigenvalue weighted by Crippen LogP contribution is -2.37. The predicted molar refractivity (Wildman–Crippen MR) is 80.1 cm³/mol. The Hall–Kier alpha value is -0.620. The zero-order valence-corrected chi connectivity index (χ0v) is 13.1. The highest BCUT2D eigenvalue weighted by atomic mass is 35.5. The zero-order valence-electron chi connectivity index (χ0n) is 11.6. The van der Waals surface area contributed by atoms with Crippen molar-refractivity contribution in [2.24, 2.45) is 0 Å². The van der Waals surface area contributed by atoms with Gasteiger partial charge in [0.25, 0.3) is 0 Å². The Morgan fingerprint density at radius 2 is 1.89 bits per heavy atom. The Balaban J connectivity index is 2.40. The second-order valence-electron chi connectivity index (χ2n) is 4.83.